The van der Waals surface area contributed by atoms with Crippen molar-refractivity contribution in [2.24, 2.45) is 17.8 Å². The Morgan fingerprint density at radius 2 is 1.74 bits per heavy atom. The smallest absolute Gasteiger partial charge is 0.308 e. The first-order valence-electron chi connectivity index (χ1n) is 13.9. The van der Waals surface area contributed by atoms with E-state index >= 15 is 4.39 Å². The molecule has 42 heavy (non-hydrogen) atoms. The van der Waals surface area contributed by atoms with Gasteiger partial charge in [0.25, 0.3) is 0 Å². The molecule has 0 saturated heterocycles. The highest BCUT2D eigenvalue weighted by atomic mass is 19.1. The third kappa shape index (κ3) is 4.09. The highest BCUT2D eigenvalue weighted by Crippen LogP contribution is 2.47. The molecule has 2 atom stereocenters. The normalized spacial score (nSPS) is 21.5. The molecule has 0 radical (unpaired) electrons. The van der Waals surface area contributed by atoms with Crippen molar-refractivity contribution < 1.29 is 23.1 Å². The van der Waals surface area contributed by atoms with Crippen LogP contribution in [0.1, 0.15) is 31.2 Å². The first-order chi connectivity index (χ1) is 20.3. The van der Waals surface area contributed by atoms with Gasteiger partial charge in [-0.05, 0) is 66.0 Å². The van der Waals surface area contributed by atoms with Crippen LogP contribution in [0.4, 0.5) is 19.0 Å². The molecule has 0 amide bonds. The van der Waals surface area contributed by atoms with E-state index in [-0.39, 0.29) is 50.9 Å². The topological polar surface area (TPSA) is 102 Å². The maximum Gasteiger partial charge on any atom is 0.308 e. The molecule has 2 bridgehead atoms. The highest BCUT2D eigenvalue weighted by Gasteiger charge is 2.47. The number of carboxylic acids is 1. The van der Waals surface area contributed by atoms with Gasteiger partial charge in [-0.25, -0.2) is 18.2 Å². The fraction of sp³-hybridized carbons (Fsp3) is 0.242. The molecular weight excluding hydrogens is 541 g/mol. The van der Waals surface area contributed by atoms with Gasteiger partial charge in [0.2, 0.25) is 0 Å². The summed E-state index contributed by atoms with van der Waals surface area (Å²) < 4.78 is 45.6. The number of anilines is 1. The number of pyridine rings is 1. The largest absolute Gasteiger partial charge is 0.481 e. The predicted octanol–water partition coefficient (Wildman–Crippen LogP) is 7.64. The number of fused-ring (bicyclic) bond motifs is 5. The maximum atomic E-state index is 16.6. The van der Waals surface area contributed by atoms with E-state index in [2.05, 4.69) is 21.4 Å². The van der Waals surface area contributed by atoms with Crippen LogP contribution in [0.25, 0.3) is 44.1 Å². The second-order valence-corrected chi connectivity index (χ2v) is 11.3. The maximum absolute atomic E-state index is 16.6. The summed E-state index contributed by atoms with van der Waals surface area (Å²) in [4.78, 5) is 19.7. The number of rotatable bonds is 5. The lowest BCUT2D eigenvalue weighted by Gasteiger charge is -2.47. The lowest BCUT2D eigenvalue weighted by molar-refractivity contribution is -0.148. The van der Waals surface area contributed by atoms with Crippen molar-refractivity contribution in [1.29, 1.82) is 5.26 Å². The number of carbonyl (C=O) groups is 1. The van der Waals surface area contributed by atoms with Gasteiger partial charge in [0, 0.05) is 34.8 Å². The minimum atomic E-state index is -0.937. The molecule has 8 rings (SSSR count). The van der Waals surface area contributed by atoms with Gasteiger partial charge < -0.3 is 15.4 Å². The zero-order chi connectivity index (χ0) is 29.1. The molecular formula is C33H25F3N4O2. The molecule has 3 saturated carbocycles. The van der Waals surface area contributed by atoms with Gasteiger partial charge in [-0.2, -0.15) is 5.26 Å². The van der Waals surface area contributed by atoms with Crippen LogP contribution in [0.2, 0.25) is 0 Å². The van der Waals surface area contributed by atoms with Crippen molar-refractivity contribution in [3.63, 3.8) is 0 Å². The van der Waals surface area contributed by atoms with Crippen LogP contribution < -0.4 is 5.32 Å². The van der Waals surface area contributed by atoms with Crippen molar-refractivity contribution in [3.05, 3.63) is 83.8 Å². The van der Waals surface area contributed by atoms with Gasteiger partial charge in [-0.1, -0.05) is 36.4 Å². The van der Waals surface area contributed by atoms with E-state index in [0.29, 0.717) is 5.56 Å². The summed E-state index contributed by atoms with van der Waals surface area (Å²) in [6.45, 7) is 0. The molecule has 0 aliphatic heterocycles. The van der Waals surface area contributed by atoms with E-state index in [1.54, 1.807) is 12.1 Å². The van der Waals surface area contributed by atoms with Crippen LogP contribution in [-0.2, 0) is 4.79 Å². The molecule has 0 spiro atoms. The van der Waals surface area contributed by atoms with Gasteiger partial charge in [-0.3, -0.25) is 4.79 Å². The van der Waals surface area contributed by atoms with Gasteiger partial charge >= 0.3 is 5.97 Å². The van der Waals surface area contributed by atoms with Crippen LogP contribution in [0, 0.1) is 46.5 Å². The molecule has 3 aliphatic carbocycles. The minimum absolute atomic E-state index is 0.0187. The van der Waals surface area contributed by atoms with Gasteiger partial charge in [0.1, 0.15) is 17.7 Å². The second kappa shape index (κ2) is 9.91. The molecule has 3 aromatic carbocycles. The summed E-state index contributed by atoms with van der Waals surface area (Å²) in [6.07, 6.45) is 4.70. The predicted molar refractivity (Wildman–Crippen MR) is 153 cm³/mol. The summed E-state index contributed by atoms with van der Waals surface area (Å²) in [5.74, 6) is -4.24. The van der Waals surface area contributed by atoms with Crippen molar-refractivity contribution >= 4 is 33.5 Å². The Kier molecular flexibility index (Phi) is 6.15. The Balaban J connectivity index is 1.48. The van der Waals surface area contributed by atoms with Crippen LogP contribution in [0.3, 0.4) is 0 Å². The van der Waals surface area contributed by atoms with Gasteiger partial charge in [0.05, 0.1) is 22.7 Å². The van der Waals surface area contributed by atoms with E-state index in [9.17, 15) is 23.9 Å². The van der Waals surface area contributed by atoms with E-state index in [0.717, 1.165) is 48.6 Å². The molecule has 2 aromatic heterocycles. The average Bonchev–Trinajstić information content (AvgIpc) is 3.42. The molecule has 210 valence electrons. The Bertz CT molecular complexity index is 1940. The second-order valence-electron chi connectivity index (χ2n) is 11.3. The van der Waals surface area contributed by atoms with E-state index < -0.39 is 35.4 Å². The SMILES string of the molecule is N#Cc1c(-c2c[nH]c3c(F)cc(F)cc23)nc(NC2C3CCC(CC3)C2C(=O)O)c(F)c1-c1ccc2ccccc2c1. The van der Waals surface area contributed by atoms with E-state index in [4.69, 9.17) is 0 Å². The number of carboxylic acid groups (broad SMARTS) is 1. The highest BCUT2D eigenvalue weighted by molar-refractivity contribution is 5.99. The summed E-state index contributed by atoms with van der Waals surface area (Å²) in [7, 11) is 0. The first kappa shape index (κ1) is 26.1. The Morgan fingerprint density at radius 3 is 2.48 bits per heavy atom. The first-order valence-corrected chi connectivity index (χ1v) is 13.9. The van der Waals surface area contributed by atoms with E-state index in [1.807, 2.05) is 30.3 Å². The number of benzene rings is 3. The summed E-state index contributed by atoms with van der Waals surface area (Å²) in [5.41, 5.74) is 0.595. The Labute approximate surface area is 238 Å². The number of aliphatic carboxylic acids is 1. The van der Waals surface area contributed by atoms with E-state index in [1.165, 1.54) is 6.20 Å². The molecule has 3 N–H and O–H groups in total. The molecule has 2 unspecified atom stereocenters. The quantitative estimate of drug-likeness (QED) is 0.203. The zero-order valence-electron chi connectivity index (χ0n) is 22.3. The molecule has 6 nitrogen and oxygen atoms in total. The third-order valence-corrected chi connectivity index (χ3v) is 9.06. The van der Waals surface area contributed by atoms with Crippen molar-refractivity contribution in [1.82, 2.24) is 9.97 Å². The van der Waals surface area contributed by atoms with Crippen molar-refractivity contribution in [2.45, 2.75) is 31.7 Å². The van der Waals surface area contributed by atoms with Crippen LogP contribution in [0.15, 0.2) is 60.8 Å². The van der Waals surface area contributed by atoms with Gasteiger partial charge in [0.15, 0.2) is 11.6 Å². The number of nitrogens with one attached hydrogen (secondary N) is 2. The van der Waals surface area contributed by atoms with Crippen LogP contribution in [-0.4, -0.2) is 27.1 Å². The number of nitriles is 1. The number of aromatic nitrogens is 2. The minimum Gasteiger partial charge on any atom is -0.481 e. The lowest BCUT2D eigenvalue weighted by Crippen LogP contribution is -2.51. The van der Waals surface area contributed by atoms with Crippen LogP contribution in [0.5, 0.6) is 0 Å². The molecule has 5 aromatic rings. The molecule has 3 fully saturated rings. The fourth-order valence-electron chi connectivity index (χ4n) is 7.10. The molecule has 9 heteroatoms. The van der Waals surface area contributed by atoms with Crippen LogP contribution >= 0.6 is 0 Å². The monoisotopic (exact) mass is 566 g/mol. The lowest BCUT2D eigenvalue weighted by atomic mass is 9.61. The standard InChI is InChI=1S/C33H25F3N4O2/c34-21-12-22-24(15-38-31(22)25(35)13-21)30-23(14-37)26(20-10-5-16-3-1-2-4-19(16)11-20)28(36)32(40-30)39-29-18-8-6-17(7-9-18)27(29)33(41)42/h1-5,10-13,15,17-18,27,29,38H,6-9H2,(H,39,40)(H,41,42). The number of aromatic amines is 1. The van der Waals surface area contributed by atoms with Crippen molar-refractivity contribution in [2.75, 3.05) is 5.32 Å². The number of H-pyrrole nitrogens is 1. The zero-order valence-corrected chi connectivity index (χ0v) is 22.3. The molecule has 3 aliphatic rings. The number of hydrogen-bond donors (Lipinski definition) is 3. The summed E-state index contributed by atoms with van der Waals surface area (Å²) >= 11 is 0. The number of hydrogen-bond acceptors (Lipinski definition) is 4. The molecule has 2 heterocycles. The fourth-order valence-corrected chi connectivity index (χ4v) is 7.10. The Hall–Kier alpha value is -4.84. The van der Waals surface area contributed by atoms with Gasteiger partial charge in [-0.15, -0.1) is 0 Å². The number of nitrogens with zero attached hydrogens (tertiary/aromatic N) is 2. The third-order valence-electron chi connectivity index (χ3n) is 9.06. The van der Waals surface area contributed by atoms with Crippen molar-refractivity contribution in [3.8, 4) is 28.5 Å². The Morgan fingerprint density at radius 1 is 1.00 bits per heavy atom. The summed E-state index contributed by atoms with van der Waals surface area (Å²) in [6, 6.07) is 16.3. The average molecular weight is 567 g/mol. The number of halogens is 3. The summed E-state index contributed by atoms with van der Waals surface area (Å²) in [5, 5.41) is 25.5.